The minimum Gasteiger partial charge on any atom is -0.306 e. The summed E-state index contributed by atoms with van der Waals surface area (Å²) in [5, 5.41) is 5.97. The van der Waals surface area contributed by atoms with Gasteiger partial charge >= 0.3 is 0 Å². The van der Waals surface area contributed by atoms with Crippen LogP contribution in [0.15, 0.2) is 47.8 Å². The Bertz CT molecular complexity index is 500. The summed E-state index contributed by atoms with van der Waals surface area (Å²) < 4.78 is 0. The first-order chi connectivity index (χ1) is 10.4. The van der Waals surface area contributed by atoms with Crippen molar-refractivity contribution >= 4 is 11.3 Å². The maximum Gasteiger partial charge on any atom is 0.0671 e. The predicted molar refractivity (Wildman–Crippen MR) is 91.8 cm³/mol. The summed E-state index contributed by atoms with van der Waals surface area (Å²) in [6, 6.07) is 15.6. The van der Waals surface area contributed by atoms with Gasteiger partial charge < -0.3 is 5.32 Å². The molecule has 1 aliphatic rings. The van der Waals surface area contributed by atoms with Crippen molar-refractivity contribution in [2.75, 3.05) is 6.54 Å². The van der Waals surface area contributed by atoms with Crippen LogP contribution in [-0.2, 0) is 0 Å². The molecular formula is C19H25NS. The number of hydrogen-bond donors (Lipinski definition) is 1. The van der Waals surface area contributed by atoms with Crippen molar-refractivity contribution in [2.45, 2.75) is 44.6 Å². The van der Waals surface area contributed by atoms with Gasteiger partial charge in [-0.25, -0.2) is 0 Å². The monoisotopic (exact) mass is 299 g/mol. The van der Waals surface area contributed by atoms with E-state index < -0.39 is 0 Å². The SMILES string of the molecule is c1ccc(C(NCCC2CCCCC2)c2cccs2)cc1. The summed E-state index contributed by atoms with van der Waals surface area (Å²) in [7, 11) is 0. The molecule has 1 fully saturated rings. The molecule has 1 aromatic carbocycles. The standard InChI is InChI=1S/C19H25NS/c1-3-8-16(9-4-1)13-14-20-19(18-12-7-15-21-18)17-10-5-2-6-11-17/h2,5-7,10-12,15-16,19-20H,1,3-4,8-9,13-14H2. The van der Waals surface area contributed by atoms with E-state index in [0.717, 1.165) is 12.5 Å². The van der Waals surface area contributed by atoms with Gasteiger partial charge in [0.25, 0.3) is 0 Å². The second-order valence-corrected chi connectivity index (χ2v) is 7.09. The third kappa shape index (κ3) is 4.18. The minimum absolute atomic E-state index is 0.356. The molecular weight excluding hydrogens is 274 g/mol. The molecule has 1 aliphatic carbocycles. The van der Waals surface area contributed by atoms with Crippen LogP contribution in [-0.4, -0.2) is 6.54 Å². The molecule has 0 spiro atoms. The lowest BCUT2D eigenvalue weighted by molar-refractivity contribution is 0.331. The largest absolute Gasteiger partial charge is 0.306 e. The van der Waals surface area contributed by atoms with E-state index in [1.54, 1.807) is 0 Å². The third-order valence-corrected chi connectivity index (χ3v) is 5.52. The molecule has 0 bridgehead atoms. The molecule has 1 nitrogen and oxygen atoms in total. The zero-order chi connectivity index (χ0) is 14.3. The fraction of sp³-hybridized carbons (Fsp3) is 0.474. The Kier molecular flexibility index (Phi) is 5.47. The van der Waals surface area contributed by atoms with Crippen molar-refractivity contribution in [3.8, 4) is 0 Å². The molecule has 0 radical (unpaired) electrons. The number of hydrogen-bond acceptors (Lipinski definition) is 2. The summed E-state index contributed by atoms with van der Waals surface area (Å²) in [5.74, 6) is 0.950. The zero-order valence-corrected chi connectivity index (χ0v) is 13.4. The fourth-order valence-corrected chi connectivity index (χ4v) is 4.22. The zero-order valence-electron chi connectivity index (χ0n) is 12.6. The number of thiophene rings is 1. The molecule has 3 rings (SSSR count). The summed E-state index contributed by atoms with van der Waals surface area (Å²) >= 11 is 1.85. The third-order valence-electron chi connectivity index (χ3n) is 4.59. The number of nitrogens with one attached hydrogen (secondary N) is 1. The first-order valence-corrected chi connectivity index (χ1v) is 9.13. The van der Waals surface area contributed by atoms with E-state index in [2.05, 4.69) is 53.2 Å². The second kappa shape index (κ2) is 7.77. The van der Waals surface area contributed by atoms with Gasteiger partial charge in [-0.1, -0.05) is 68.5 Å². The van der Waals surface area contributed by atoms with Crippen molar-refractivity contribution in [1.29, 1.82) is 0 Å². The molecule has 0 aliphatic heterocycles. The minimum atomic E-state index is 0.356. The summed E-state index contributed by atoms with van der Waals surface area (Å²) in [4.78, 5) is 1.42. The molecule has 2 heteroatoms. The van der Waals surface area contributed by atoms with Gasteiger partial charge in [-0.15, -0.1) is 11.3 Å². The van der Waals surface area contributed by atoms with E-state index in [1.165, 1.54) is 49.0 Å². The lowest BCUT2D eigenvalue weighted by Gasteiger charge is -2.23. The molecule has 112 valence electrons. The van der Waals surface area contributed by atoms with E-state index in [9.17, 15) is 0 Å². The van der Waals surface area contributed by atoms with Crippen molar-refractivity contribution in [2.24, 2.45) is 5.92 Å². The fourth-order valence-electron chi connectivity index (χ4n) is 3.39. The van der Waals surface area contributed by atoms with Crippen LogP contribution in [0.2, 0.25) is 0 Å². The van der Waals surface area contributed by atoms with Crippen LogP contribution in [0.5, 0.6) is 0 Å². The van der Waals surface area contributed by atoms with Gasteiger partial charge in [-0.2, -0.15) is 0 Å². The van der Waals surface area contributed by atoms with Crippen LogP contribution in [0.4, 0.5) is 0 Å². The molecule has 21 heavy (non-hydrogen) atoms. The normalized spacial score (nSPS) is 17.7. The molecule has 0 amide bonds. The van der Waals surface area contributed by atoms with Crippen LogP contribution in [0.25, 0.3) is 0 Å². The van der Waals surface area contributed by atoms with E-state index in [1.807, 2.05) is 11.3 Å². The highest BCUT2D eigenvalue weighted by Crippen LogP contribution is 2.28. The van der Waals surface area contributed by atoms with Gasteiger partial charge in [0.2, 0.25) is 0 Å². The molecule has 1 aromatic heterocycles. The molecule has 2 aromatic rings. The van der Waals surface area contributed by atoms with E-state index in [4.69, 9.17) is 0 Å². The first-order valence-electron chi connectivity index (χ1n) is 8.25. The lowest BCUT2D eigenvalue weighted by atomic mass is 9.87. The maximum atomic E-state index is 3.80. The molecule has 1 heterocycles. The Balaban J connectivity index is 1.60. The Morgan fingerprint density at radius 1 is 1.00 bits per heavy atom. The van der Waals surface area contributed by atoms with E-state index in [0.29, 0.717) is 6.04 Å². The molecule has 1 atom stereocenters. The molecule has 1 N–H and O–H groups in total. The maximum absolute atomic E-state index is 3.80. The average molecular weight is 299 g/mol. The highest BCUT2D eigenvalue weighted by molar-refractivity contribution is 7.10. The Morgan fingerprint density at radius 3 is 2.52 bits per heavy atom. The van der Waals surface area contributed by atoms with Gasteiger partial charge in [-0.05, 0) is 35.9 Å². The van der Waals surface area contributed by atoms with Crippen molar-refractivity contribution < 1.29 is 0 Å². The topological polar surface area (TPSA) is 12.0 Å². The summed E-state index contributed by atoms with van der Waals surface area (Å²) in [5.41, 5.74) is 1.38. The van der Waals surface area contributed by atoms with Gasteiger partial charge in [-0.3, -0.25) is 0 Å². The van der Waals surface area contributed by atoms with Gasteiger partial charge in [0.15, 0.2) is 0 Å². The van der Waals surface area contributed by atoms with Crippen molar-refractivity contribution in [3.05, 3.63) is 58.3 Å². The van der Waals surface area contributed by atoms with Gasteiger partial charge in [0, 0.05) is 4.88 Å². The Labute approximate surface area is 132 Å². The highest BCUT2D eigenvalue weighted by Gasteiger charge is 2.16. The van der Waals surface area contributed by atoms with Crippen LogP contribution in [0.3, 0.4) is 0 Å². The molecule has 1 saturated carbocycles. The molecule has 1 unspecified atom stereocenters. The summed E-state index contributed by atoms with van der Waals surface area (Å²) in [6.45, 7) is 1.13. The average Bonchev–Trinajstić information content (AvgIpc) is 3.07. The first kappa shape index (κ1) is 14.8. The van der Waals surface area contributed by atoms with Crippen LogP contribution in [0, 0.1) is 5.92 Å². The van der Waals surface area contributed by atoms with E-state index in [-0.39, 0.29) is 0 Å². The summed E-state index contributed by atoms with van der Waals surface area (Å²) in [6.07, 6.45) is 8.54. The van der Waals surface area contributed by atoms with Crippen LogP contribution in [0.1, 0.15) is 55.0 Å². The Morgan fingerprint density at radius 2 is 1.81 bits per heavy atom. The van der Waals surface area contributed by atoms with Crippen LogP contribution < -0.4 is 5.32 Å². The highest BCUT2D eigenvalue weighted by atomic mass is 32.1. The quantitative estimate of drug-likeness (QED) is 0.753. The number of rotatable bonds is 6. The smallest absolute Gasteiger partial charge is 0.0671 e. The van der Waals surface area contributed by atoms with Crippen LogP contribution >= 0.6 is 11.3 Å². The van der Waals surface area contributed by atoms with Gasteiger partial charge in [0.05, 0.1) is 6.04 Å². The lowest BCUT2D eigenvalue weighted by Crippen LogP contribution is -2.25. The van der Waals surface area contributed by atoms with E-state index >= 15 is 0 Å². The molecule has 0 saturated heterocycles. The number of benzene rings is 1. The van der Waals surface area contributed by atoms with Gasteiger partial charge in [0.1, 0.15) is 0 Å². The van der Waals surface area contributed by atoms with Crippen molar-refractivity contribution in [3.63, 3.8) is 0 Å². The van der Waals surface area contributed by atoms with Crippen molar-refractivity contribution in [1.82, 2.24) is 5.32 Å². The second-order valence-electron chi connectivity index (χ2n) is 6.11. The predicted octanol–water partition coefficient (Wildman–Crippen LogP) is 5.40. The Hall–Kier alpha value is -1.12.